The Balaban J connectivity index is 1.64. The molecule has 1 atom stereocenters. The van der Waals surface area contributed by atoms with E-state index in [-0.39, 0.29) is 36.8 Å². The lowest BCUT2D eigenvalue weighted by Gasteiger charge is -2.23. The maximum Gasteiger partial charge on any atom is 0.228 e. The summed E-state index contributed by atoms with van der Waals surface area (Å²) in [6.45, 7) is 3.98. The molecule has 2 heterocycles. The predicted octanol–water partition coefficient (Wildman–Crippen LogP) is 5.04. The fourth-order valence-corrected chi connectivity index (χ4v) is 4.17. The summed E-state index contributed by atoms with van der Waals surface area (Å²) in [6, 6.07) is 12.0. The quantitative estimate of drug-likeness (QED) is 0.400. The van der Waals surface area contributed by atoms with Crippen LogP contribution in [0.15, 0.2) is 46.9 Å². The molecule has 1 aliphatic rings. The molecule has 1 amide bonds. The fraction of sp³-hybridized carbons (Fsp3) is 0.407. The standard InChI is InChI=1S/C27H30ClNO6/c1-27(2,16-30)29-23(31)13-12-21-20-11-10-19(34-24-5-3-4-14-33-24)15-22(20)35-26(21)25(32)17-6-8-18(28)9-7-17/h6-11,15,24,30H,3-5,12-14,16H2,1-2H3,(H,29,31). The summed E-state index contributed by atoms with van der Waals surface area (Å²) >= 11 is 5.98. The fourth-order valence-electron chi connectivity index (χ4n) is 4.04. The number of ether oxygens (including phenoxy) is 2. The number of aryl methyl sites for hydroxylation is 1. The number of aliphatic hydroxyl groups is 1. The van der Waals surface area contributed by atoms with E-state index >= 15 is 0 Å². The van der Waals surface area contributed by atoms with Crippen LogP contribution in [0.5, 0.6) is 5.75 Å². The number of hydrogen-bond donors (Lipinski definition) is 2. The Morgan fingerprint density at radius 2 is 1.94 bits per heavy atom. The van der Waals surface area contributed by atoms with Crippen LogP contribution in [0.2, 0.25) is 5.02 Å². The van der Waals surface area contributed by atoms with Gasteiger partial charge in [-0.25, -0.2) is 0 Å². The predicted molar refractivity (Wildman–Crippen MR) is 133 cm³/mol. The van der Waals surface area contributed by atoms with E-state index in [1.807, 2.05) is 12.1 Å². The zero-order chi connectivity index (χ0) is 25.0. The zero-order valence-electron chi connectivity index (χ0n) is 19.9. The first kappa shape index (κ1) is 25.2. The second-order valence-electron chi connectivity index (χ2n) is 9.41. The van der Waals surface area contributed by atoms with Gasteiger partial charge in [-0.2, -0.15) is 0 Å². The van der Waals surface area contributed by atoms with Crippen LogP contribution in [-0.4, -0.2) is 41.8 Å². The molecule has 0 spiro atoms. The third-order valence-corrected chi connectivity index (χ3v) is 6.21. The molecular weight excluding hydrogens is 470 g/mol. The molecule has 2 aromatic carbocycles. The van der Waals surface area contributed by atoms with Gasteiger partial charge in [0.2, 0.25) is 11.7 Å². The summed E-state index contributed by atoms with van der Waals surface area (Å²) in [5.74, 6) is 0.264. The van der Waals surface area contributed by atoms with Gasteiger partial charge in [-0.1, -0.05) is 11.6 Å². The molecule has 0 aliphatic carbocycles. The van der Waals surface area contributed by atoms with Crippen LogP contribution in [0.4, 0.5) is 0 Å². The first-order valence-corrected chi connectivity index (χ1v) is 12.2. The average molecular weight is 500 g/mol. The smallest absolute Gasteiger partial charge is 0.228 e. The van der Waals surface area contributed by atoms with Crippen LogP contribution in [0.1, 0.15) is 61.2 Å². The summed E-state index contributed by atoms with van der Waals surface area (Å²) in [6.07, 6.45) is 3.02. The van der Waals surface area contributed by atoms with Gasteiger partial charge in [0.15, 0.2) is 12.1 Å². The van der Waals surface area contributed by atoms with Crippen molar-refractivity contribution in [2.45, 2.75) is 57.8 Å². The number of ketones is 1. The van der Waals surface area contributed by atoms with E-state index in [9.17, 15) is 14.7 Å². The van der Waals surface area contributed by atoms with Gasteiger partial charge < -0.3 is 24.3 Å². The molecule has 1 saturated heterocycles. The lowest BCUT2D eigenvalue weighted by molar-refractivity contribution is -0.123. The number of carbonyl (C=O) groups is 2. The number of hydrogen-bond acceptors (Lipinski definition) is 6. The molecule has 186 valence electrons. The van der Waals surface area contributed by atoms with E-state index in [2.05, 4.69) is 5.32 Å². The van der Waals surface area contributed by atoms with E-state index in [1.165, 1.54) is 0 Å². The van der Waals surface area contributed by atoms with Crippen molar-refractivity contribution in [1.82, 2.24) is 5.32 Å². The number of rotatable bonds is 9. The van der Waals surface area contributed by atoms with Crippen molar-refractivity contribution < 1.29 is 28.6 Å². The molecule has 7 nitrogen and oxygen atoms in total. The van der Waals surface area contributed by atoms with Crippen LogP contribution in [0, 0.1) is 0 Å². The number of carbonyl (C=O) groups excluding carboxylic acids is 2. The van der Waals surface area contributed by atoms with E-state index in [4.69, 9.17) is 25.5 Å². The highest BCUT2D eigenvalue weighted by molar-refractivity contribution is 6.30. The Bertz CT molecular complexity index is 1190. The average Bonchev–Trinajstić information content (AvgIpc) is 3.21. The summed E-state index contributed by atoms with van der Waals surface area (Å²) in [4.78, 5) is 25.9. The van der Waals surface area contributed by atoms with E-state index in [0.717, 1.165) is 24.6 Å². The second-order valence-corrected chi connectivity index (χ2v) is 9.84. The van der Waals surface area contributed by atoms with Crippen LogP contribution in [0.25, 0.3) is 11.0 Å². The molecular formula is C27H30ClNO6. The number of benzene rings is 2. The van der Waals surface area contributed by atoms with Crippen molar-refractivity contribution in [2.75, 3.05) is 13.2 Å². The largest absolute Gasteiger partial charge is 0.465 e. The Hall–Kier alpha value is -2.87. The summed E-state index contributed by atoms with van der Waals surface area (Å²) < 4.78 is 17.7. The van der Waals surface area contributed by atoms with Crippen LogP contribution in [-0.2, 0) is 16.0 Å². The highest BCUT2D eigenvalue weighted by Gasteiger charge is 2.25. The number of furan rings is 1. The normalized spacial score (nSPS) is 16.3. The number of fused-ring (bicyclic) bond motifs is 1. The Kier molecular flexibility index (Phi) is 7.79. The van der Waals surface area contributed by atoms with Crippen molar-refractivity contribution in [3.05, 3.63) is 64.4 Å². The molecule has 1 aliphatic heterocycles. The van der Waals surface area contributed by atoms with Crippen molar-refractivity contribution in [3.8, 4) is 5.75 Å². The van der Waals surface area contributed by atoms with Gasteiger partial charge in [0.25, 0.3) is 0 Å². The third-order valence-electron chi connectivity index (χ3n) is 5.96. The van der Waals surface area contributed by atoms with Gasteiger partial charge in [0.05, 0.1) is 18.8 Å². The van der Waals surface area contributed by atoms with E-state index in [0.29, 0.717) is 40.5 Å². The maximum absolute atomic E-state index is 13.3. The second kappa shape index (κ2) is 10.8. The first-order chi connectivity index (χ1) is 16.8. The highest BCUT2D eigenvalue weighted by Crippen LogP contribution is 2.33. The number of aliphatic hydroxyl groups excluding tert-OH is 1. The van der Waals surface area contributed by atoms with E-state index < -0.39 is 5.54 Å². The minimum Gasteiger partial charge on any atom is -0.465 e. The summed E-state index contributed by atoms with van der Waals surface area (Å²) in [5, 5.41) is 13.5. The zero-order valence-corrected chi connectivity index (χ0v) is 20.7. The monoisotopic (exact) mass is 499 g/mol. The SMILES string of the molecule is CC(C)(CO)NC(=O)CCc1c(C(=O)c2ccc(Cl)cc2)oc2cc(OC3CCCCO3)ccc12. The van der Waals surface area contributed by atoms with Gasteiger partial charge >= 0.3 is 0 Å². The molecule has 3 aromatic rings. The van der Waals surface area contributed by atoms with Crippen molar-refractivity contribution in [1.29, 1.82) is 0 Å². The highest BCUT2D eigenvalue weighted by atomic mass is 35.5. The minimum atomic E-state index is -0.731. The summed E-state index contributed by atoms with van der Waals surface area (Å²) in [7, 11) is 0. The molecule has 8 heteroatoms. The van der Waals surface area contributed by atoms with Gasteiger partial charge in [-0.05, 0) is 69.5 Å². The van der Waals surface area contributed by atoms with Gasteiger partial charge in [-0.3, -0.25) is 9.59 Å². The lowest BCUT2D eigenvalue weighted by atomic mass is 9.99. The Morgan fingerprint density at radius 1 is 1.17 bits per heavy atom. The lowest BCUT2D eigenvalue weighted by Crippen LogP contribution is -2.46. The molecule has 1 aromatic heterocycles. The van der Waals surface area contributed by atoms with E-state index in [1.54, 1.807) is 44.2 Å². The number of halogens is 1. The number of amides is 1. The van der Waals surface area contributed by atoms with Crippen LogP contribution < -0.4 is 10.1 Å². The van der Waals surface area contributed by atoms with Gasteiger partial charge in [0, 0.05) is 40.4 Å². The van der Waals surface area contributed by atoms with Gasteiger partial charge in [-0.15, -0.1) is 0 Å². The summed E-state index contributed by atoms with van der Waals surface area (Å²) in [5.41, 5.74) is 0.858. The third kappa shape index (κ3) is 6.23. The maximum atomic E-state index is 13.3. The number of nitrogens with one attached hydrogen (secondary N) is 1. The molecule has 0 radical (unpaired) electrons. The molecule has 35 heavy (non-hydrogen) atoms. The van der Waals surface area contributed by atoms with Crippen LogP contribution >= 0.6 is 11.6 Å². The molecule has 1 unspecified atom stereocenters. The topological polar surface area (TPSA) is 98.0 Å². The van der Waals surface area contributed by atoms with Crippen LogP contribution in [0.3, 0.4) is 0 Å². The molecule has 0 bridgehead atoms. The molecule has 2 N–H and O–H groups in total. The van der Waals surface area contributed by atoms with Gasteiger partial charge in [0.1, 0.15) is 11.3 Å². The molecule has 0 saturated carbocycles. The molecule has 1 fully saturated rings. The first-order valence-electron chi connectivity index (χ1n) is 11.8. The van der Waals surface area contributed by atoms with Crippen molar-refractivity contribution >= 4 is 34.3 Å². The molecule has 4 rings (SSSR count). The van der Waals surface area contributed by atoms with Crippen molar-refractivity contribution in [3.63, 3.8) is 0 Å². The van der Waals surface area contributed by atoms with Crippen molar-refractivity contribution in [2.24, 2.45) is 0 Å². The minimum absolute atomic E-state index is 0.132. The Morgan fingerprint density at radius 3 is 2.63 bits per heavy atom. The Labute approximate surface area is 209 Å².